The first-order valence-electron chi connectivity index (χ1n) is 9.02. The average Bonchev–Trinajstić information content (AvgIpc) is 3.10. The van der Waals surface area contributed by atoms with Crippen LogP contribution in [0.3, 0.4) is 0 Å². The van der Waals surface area contributed by atoms with Crippen LogP contribution in [0.2, 0.25) is 5.02 Å². The summed E-state index contributed by atoms with van der Waals surface area (Å²) in [6.45, 7) is -0.356. The Balaban J connectivity index is 1.79. The molecule has 0 saturated carbocycles. The van der Waals surface area contributed by atoms with Gasteiger partial charge in [-0.2, -0.15) is 0 Å². The number of hydrogen-bond donors (Lipinski definition) is 1. The van der Waals surface area contributed by atoms with Gasteiger partial charge in [-0.15, -0.1) is 0 Å². The minimum absolute atomic E-state index is 0.105. The number of aromatic nitrogens is 3. The first-order chi connectivity index (χ1) is 14.9. The van der Waals surface area contributed by atoms with Crippen LogP contribution < -0.4 is 19.9 Å². The van der Waals surface area contributed by atoms with Crippen molar-refractivity contribution in [3.05, 3.63) is 75.3 Å². The van der Waals surface area contributed by atoms with E-state index in [1.807, 2.05) is 0 Å². The number of aromatic amines is 1. The molecule has 0 spiro atoms. The van der Waals surface area contributed by atoms with E-state index in [1.165, 1.54) is 37.0 Å². The number of hydrogen-bond acceptors (Lipinski definition) is 5. The SMILES string of the molecule is COc1cc(Cl)c(-n2c(=O)[nH]c3cccnc32)cc1OCc1c(OC)ccc(F)c1F. The van der Waals surface area contributed by atoms with Crippen molar-refractivity contribution in [2.75, 3.05) is 14.2 Å². The Morgan fingerprint density at radius 3 is 2.61 bits per heavy atom. The molecule has 2 heterocycles. The van der Waals surface area contributed by atoms with Crippen molar-refractivity contribution in [2.45, 2.75) is 6.61 Å². The van der Waals surface area contributed by atoms with Gasteiger partial charge in [0.2, 0.25) is 0 Å². The fraction of sp³-hybridized carbons (Fsp3) is 0.143. The molecule has 160 valence electrons. The van der Waals surface area contributed by atoms with Crippen LogP contribution in [0, 0.1) is 11.6 Å². The van der Waals surface area contributed by atoms with E-state index >= 15 is 0 Å². The highest BCUT2D eigenvalue weighted by Gasteiger charge is 2.19. The second-order valence-corrected chi connectivity index (χ2v) is 6.83. The molecule has 2 aromatic carbocycles. The second kappa shape index (κ2) is 8.27. The minimum Gasteiger partial charge on any atom is -0.496 e. The molecule has 0 amide bonds. The van der Waals surface area contributed by atoms with E-state index in [0.717, 1.165) is 6.07 Å². The number of imidazole rings is 1. The lowest BCUT2D eigenvalue weighted by Crippen LogP contribution is -2.15. The Morgan fingerprint density at radius 2 is 1.87 bits per heavy atom. The Hall–Kier alpha value is -3.59. The second-order valence-electron chi connectivity index (χ2n) is 6.43. The van der Waals surface area contributed by atoms with E-state index in [1.54, 1.807) is 18.3 Å². The van der Waals surface area contributed by atoms with Crippen molar-refractivity contribution in [1.29, 1.82) is 0 Å². The van der Waals surface area contributed by atoms with Gasteiger partial charge < -0.3 is 19.2 Å². The van der Waals surface area contributed by atoms with Crippen LogP contribution in [-0.4, -0.2) is 28.8 Å². The van der Waals surface area contributed by atoms with Crippen molar-refractivity contribution in [3.63, 3.8) is 0 Å². The van der Waals surface area contributed by atoms with Gasteiger partial charge in [0.15, 0.2) is 28.8 Å². The summed E-state index contributed by atoms with van der Waals surface area (Å²) < 4.78 is 45.4. The van der Waals surface area contributed by atoms with Crippen molar-refractivity contribution >= 4 is 22.8 Å². The maximum atomic E-state index is 14.3. The Bertz CT molecular complexity index is 1340. The highest BCUT2D eigenvalue weighted by Crippen LogP contribution is 2.37. The molecule has 0 aliphatic heterocycles. The number of methoxy groups -OCH3 is 2. The largest absolute Gasteiger partial charge is 0.496 e. The van der Waals surface area contributed by atoms with E-state index in [2.05, 4.69) is 9.97 Å². The van der Waals surface area contributed by atoms with Gasteiger partial charge in [0.05, 0.1) is 36.0 Å². The first kappa shape index (κ1) is 20.7. The molecule has 4 aromatic rings. The van der Waals surface area contributed by atoms with Gasteiger partial charge in [-0.1, -0.05) is 11.6 Å². The summed E-state index contributed by atoms with van der Waals surface area (Å²) in [4.78, 5) is 19.4. The molecule has 31 heavy (non-hydrogen) atoms. The number of nitrogens with zero attached hydrogens (tertiary/aromatic N) is 2. The van der Waals surface area contributed by atoms with Gasteiger partial charge in [-0.05, 0) is 24.3 Å². The molecule has 0 aliphatic carbocycles. The Kier molecular flexibility index (Phi) is 5.51. The zero-order valence-corrected chi connectivity index (χ0v) is 17.2. The zero-order valence-electron chi connectivity index (χ0n) is 16.4. The average molecular weight is 448 g/mol. The van der Waals surface area contributed by atoms with Crippen LogP contribution >= 0.6 is 11.6 Å². The van der Waals surface area contributed by atoms with Crippen molar-refractivity contribution in [2.24, 2.45) is 0 Å². The lowest BCUT2D eigenvalue weighted by atomic mass is 10.2. The molecule has 10 heteroatoms. The highest BCUT2D eigenvalue weighted by atomic mass is 35.5. The van der Waals surface area contributed by atoms with E-state index in [0.29, 0.717) is 11.2 Å². The third-order valence-corrected chi connectivity index (χ3v) is 4.96. The zero-order chi connectivity index (χ0) is 22.1. The number of rotatable bonds is 6. The van der Waals surface area contributed by atoms with Crippen molar-refractivity contribution in [1.82, 2.24) is 14.5 Å². The lowest BCUT2D eigenvalue weighted by molar-refractivity contribution is 0.270. The predicted octanol–water partition coefficient (Wildman–Crippen LogP) is 4.24. The summed E-state index contributed by atoms with van der Waals surface area (Å²) in [5.41, 5.74) is 0.604. The number of fused-ring (bicyclic) bond motifs is 1. The lowest BCUT2D eigenvalue weighted by Gasteiger charge is -2.16. The predicted molar refractivity (Wildman–Crippen MR) is 110 cm³/mol. The topological polar surface area (TPSA) is 78.4 Å². The van der Waals surface area contributed by atoms with E-state index < -0.39 is 17.3 Å². The summed E-state index contributed by atoms with van der Waals surface area (Å²) in [5.74, 6) is -1.58. The number of benzene rings is 2. The summed E-state index contributed by atoms with van der Waals surface area (Å²) in [6.07, 6.45) is 1.54. The van der Waals surface area contributed by atoms with Gasteiger partial charge in [0.1, 0.15) is 12.4 Å². The standard InChI is InChI=1S/C21H16ClF2N3O4/c1-29-16-6-5-13(23)19(24)11(16)10-31-18-9-15(12(22)8-17(18)30-2)27-20-14(26-21(27)28)4-3-7-25-20/h3-9H,10H2,1-2H3,(H,26,28). The van der Waals surface area contributed by atoms with Crippen LogP contribution in [0.1, 0.15) is 5.56 Å². The monoisotopic (exact) mass is 447 g/mol. The molecular formula is C21H16ClF2N3O4. The smallest absolute Gasteiger partial charge is 0.332 e. The van der Waals surface area contributed by atoms with E-state index in [-0.39, 0.29) is 40.1 Å². The minimum atomic E-state index is -1.08. The molecule has 0 saturated heterocycles. The summed E-state index contributed by atoms with van der Waals surface area (Å²) >= 11 is 6.39. The molecule has 7 nitrogen and oxygen atoms in total. The van der Waals surface area contributed by atoms with Gasteiger partial charge in [0.25, 0.3) is 0 Å². The molecule has 0 atom stereocenters. The summed E-state index contributed by atoms with van der Waals surface area (Å²) in [5, 5.41) is 0.201. The van der Waals surface area contributed by atoms with Crippen molar-refractivity contribution in [3.8, 4) is 22.9 Å². The Labute approximate surface area is 179 Å². The third kappa shape index (κ3) is 3.68. The van der Waals surface area contributed by atoms with Crippen LogP contribution in [0.4, 0.5) is 8.78 Å². The fourth-order valence-electron chi connectivity index (χ4n) is 3.18. The molecule has 0 fully saturated rings. The van der Waals surface area contributed by atoms with E-state index in [9.17, 15) is 13.6 Å². The van der Waals surface area contributed by atoms with Crippen LogP contribution in [0.15, 0.2) is 47.4 Å². The normalized spacial score (nSPS) is 11.0. The number of halogens is 3. The molecule has 2 aromatic heterocycles. The molecule has 0 radical (unpaired) electrons. The first-order valence-corrected chi connectivity index (χ1v) is 9.39. The summed E-state index contributed by atoms with van der Waals surface area (Å²) in [7, 11) is 2.74. The number of H-pyrrole nitrogens is 1. The van der Waals surface area contributed by atoms with Gasteiger partial charge in [-0.25, -0.2) is 23.1 Å². The van der Waals surface area contributed by atoms with Gasteiger partial charge in [0, 0.05) is 18.3 Å². The highest BCUT2D eigenvalue weighted by molar-refractivity contribution is 6.32. The fourth-order valence-corrected chi connectivity index (χ4v) is 3.42. The quantitative estimate of drug-likeness (QED) is 0.478. The number of pyridine rings is 1. The maximum absolute atomic E-state index is 14.3. The van der Waals surface area contributed by atoms with Crippen LogP contribution in [0.25, 0.3) is 16.9 Å². The van der Waals surface area contributed by atoms with Crippen molar-refractivity contribution < 1.29 is 23.0 Å². The van der Waals surface area contributed by atoms with Gasteiger partial charge in [-0.3, -0.25) is 0 Å². The van der Waals surface area contributed by atoms with Crippen LogP contribution in [-0.2, 0) is 6.61 Å². The number of nitrogens with one attached hydrogen (secondary N) is 1. The molecule has 4 rings (SSSR count). The molecule has 0 aliphatic rings. The number of ether oxygens (including phenoxy) is 3. The molecule has 1 N–H and O–H groups in total. The molecule has 0 unspecified atom stereocenters. The maximum Gasteiger partial charge on any atom is 0.332 e. The summed E-state index contributed by atoms with van der Waals surface area (Å²) in [6, 6.07) is 8.59. The Morgan fingerprint density at radius 1 is 1.10 bits per heavy atom. The third-order valence-electron chi connectivity index (χ3n) is 4.66. The van der Waals surface area contributed by atoms with E-state index in [4.69, 9.17) is 25.8 Å². The van der Waals surface area contributed by atoms with Crippen LogP contribution in [0.5, 0.6) is 17.2 Å². The molecule has 0 bridgehead atoms. The molecular weight excluding hydrogens is 432 g/mol. The van der Waals surface area contributed by atoms with Gasteiger partial charge >= 0.3 is 5.69 Å².